The Labute approximate surface area is 83.5 Å². The predicted octanol–water partition coefficient (Wildman–Crippen LogP) is 3.06. The number of hydrogen-bond donors (Lipinski definition) is 1. The molecule has 1 aromatic rings. The van der Waals surface area contributed by atoms with E-state index in [1.165, 1.54) is 0 Å². The van der Waals surface area contributed by atoms with Gasteiger partial charge in [-0.05, 0) is 13.0 Å². The zero-order chi connectivity index (χ0) is 10.0. The minimum absolute atomic E-state index is 0.231. The lowest BCUT2D eigenvalue weighted by atomic mass is 10.1. The van der Waals surface area contributed by atoms with Crippen molar-refractivity contribution in [2.24, 2.45) is 0 Å². The summed E-state index contributed by atoms with van der Waals surface area (Å²) in [7, 11) is 0. The lowest BCUT2D eigenvalue weighted by molar-refractivity contribution is -0.00620. The second-order valence-electron chi connectivity index (χ2n) is 2.80. The average molecular weight is 251 g/mol. The summed E-state index contributed by atoms with van der Waals surface area (Å²) in [5.74, 6) is 0. The van der Waals surface area contributed by atoms with E-state index in [0.717, 1.165) is 5.56 Å². The van der Waals surface area contributed by atoms with Crippen LogP contribution in [0.5, 0.6) is 0 Å². The predicted molar refractivity (Wildman–Crippen MR) is 49.8 cm³/mol. The van der Waals surface area contributed by atoms with E-state index >= 15 is 0 Å². The van der Waals surface area contributed by atoms with Gasteiger partial charge in [0.2, 0.25) is 0 Å². The molecule has 0 spiro atoms. The Kier molecular flexibility index (Phi) is 3.39. The Balaban J connectivity index is 3.05. The Morgan fingerprint density at radius 3 is 2.54 bits per heavy atom. The van der Waals surface area contributed by atoms with Crippen molar-refractivity contribution in [3.63, 3.8) is 0 Å². The number of aliphatic hydroxyl groups is 1. The fourth-order valence-electron chi connectivity index (χ4n) is 1.03. The summed E-state index contributed by atoms with van der Waals surface area (Å²) < 4.78 is 24.8. The Bertz CT molecular complexity index is 302. The molecule has 0 aliphatic heterocycles. The topological polar surface area (TPSA) is 20.2 Å². The lowest BCUT2D eigenvalue weighted by Gasteiger charge is -2.12. The number of alkyl halides is 2. The maximum atomic E-state index is 12.2. The molecule has 1 unspecified atom stereocenters. The molecule has 1 atom stereocenters. The smallest absolute Gasteiger partial charge is 0.268 e. The van der Waals surface area contributed by atoms with Gasteiger partial charge in [-0.15, -0.1) is 0 Å². The molecular formula is C9H9BrF2O. The molecule has 0 bridgehead atoms. The maximum absolute atomic E-state index is 12.2. The van der Waals surface area contributed by atoms with E-state index in [0.29, 0.717) is 4.47 Å². The van der Waals surface area contributed by atoms with Gasteiger partial charge in [-0.2, -0.15) is 0 Å². The van der Waals surface area contributed by atoms with Crippen LogP contribution in [-0.2, 0) is 0 Å². The van der Waals surface area contributed by atoms with Crippen LogP contribution in [0.2, 0.25) is 0 Å². The molecule has 72 valence electrons. The van der Waals surface area contributed by atoms with Gasteiger partial charge in [0.05, 0.1) is 0 Å². The van der Waals surface area contributed by atoms with E-state index in [1.54, 1.807) is 25.1 Å². The van der Waals surface area contributed by atoms with E-state index in [1.807, 2.05) is 0 Å². The van der Waals surface area contributed by atoms with Crippen molar-refractivity contribution in [2.45, 2.75) is 19.5 Å². The van der Waals surface area contributed by atoms with Crippen molar-refractivity contribution in [2.75, 3.05) is 0 Å². The van der Waals surface area contributed by atoms with Crippen LogP contribution >= 0.6 is 15.9 Å². The molecule has 13 heavy (non-hydrogen) atoms. The summed E-state index contributed by atoms with van der Waals surface area (Å²) in [6.45, 7) is 1.79. The largest absolute Gasteiger partial charge is 0.382 e. The van der Waals surface area contributed by atoms with Crippen molar-refractivity contribution < 1.29 is 13.9 Å². The van der Waals surface area contributed by atoms with E-state index in [2.05, 4.69) is 15.9 Å². The first-order valence-electron chi connectivity index (χ1n) is 3.74. The summed E-state index contributed by atoms with van der Waals surface area (Å²) in [5.41, 5.74) is 1.08. The summed E-state index contributed by atoms with van der Waals surface area (Å²) in [4.78, 5) is 0. The fourth-order valence-corrected chi connectivity index (χ4v) is 1.51. The minimum atomic E-state index is -2.75. The molecular weight excluding hydrogens is 242 g/mol. The van der Waals surface area contributed by atoms with Gasteiger partial charge in [-0.3, -0.25) is 0 Å². The first-order valence-corrected chi connectivity index (χ1v) is 4.54. The quantitative estimate of drug-likeness (QED) is 0.856. The van der Waals surface area contributed by atoms with Crippen LogP contribution in [0.25, 0.3) is 0 Å². The zero-order valence-electron chi connectivity index (χ0n) is 6.97. The van der Waals surface area contributed by atoms with Gasteiger partial charge < -0.3 is 5.11 Å². The molecule has 0 heterocycles. The molecule has 0 saturated heterocycles. The van der Waals surface area contributed by atoms with Crippen LogP contribution in [-0.4, -0.2) is 11.5 Å². The van der Waals surface area contributed by atoms with Crippen LogP contribution in [0.3, 0.4) is 0 Å². The van der Waals surface area contributed by atoms with Gasteiger partial charge in [-0.1, -0.05) is 33.6 Å². The Morgan fingerprint density at radius 1 is 1.38 bits per heavy atom. The van der Waals surface area contributed by atoms with Gasteiger partial charge in [0.15, 0.2) is 0 Å². The number of benzene rings is 1. The summed E-state index contributed by atoms with van der Waals surface area (Å²) in [6, 6.07) is 4.98. The molecule has 0 aliphatic carbocycles. The summed E-state index contributed by atoms with van der Waals surface area (Å²) in [6.07, 6.45) is -4.47. The zero-order valence-corrected chi connectivity index (χ0v) is 8.55. The molecule has 0 aromatic heterocycles. The molecule has 1 nitrogen and oxygen atoms in total. The van der Waals surface area contributed by atoms with Crippen molar-refractivity contribution in [1.82, 2.24) is 0 Å². The highest BCUT2D eigenvalue weighted by atomic mass is 79.9. The maximum Gasteiger partial charge on any atom is 0.268 e. The molecule has 0 fully saturated rings. The Morgan fingerprint density at radius 2 is 2.00 bits per heavy atom. The lowest BCUT2D eigenvalue weighted by Crippen LogP contribution is -2.08. The van der Waals surface area contributed by atoms with Crippen LogP contribution in [0.4, 0.5) is 8.78 Å². The molecule has 1 N–H and O–H groups in total. The summed E-state index contributed by atoms with van der Waals surface area (Å²) >= 11 is 3.11. The van der Waals surface area contributed by atoms with Gasteiger partial charge >= 0.3 is 0 Å². The van der Waals surface area contributed by atoms with Crippen molar-refractivity contribution in [1.29, 1.82) is 0 Å². The highest BCUT2D eigenvalue weighted by Gasteiger charge is 2.21. The van der Waals surface area contributed by atoms with Crippen molar-refractivity contribution >= 4 is 15.9 Å². The third-order valence-electron chi connectivity index (χ3n) is 1.71. The highest BCUT2D eigenvalue weighted by molar-refractivity contribution is 9.10. The number of aliphatic hydroxyl groups excluding tert-OH is 1. The van der Waals surface area contributed by atoms with E-state index in [-0.39, 0.29) is 5.56 Å². The normalized spacial score (nSPS) is 13.4. The third-order valence-corrected chi connectivity index (χ3v) is 2.43. The standard InChI is InChI=1S/C9H9BrF2O/c1-5-2-3-7(10)6(4-5)8(13)9(11)12/h2-4,8-9,13H,1H3. The van der Waals surface area contributed by atoms with Gasteiger partial charge in [0.1, 0.15) is 6.10 Å². The molecule has 0 radical (unpaired) electrons. The van der Waals surface area contributed by atoms with Crippen LogP contribution < -0.4 is 0 Å². The fraction of sp³-hybridized carbons (Fsp3) is 0.333. The number of aryl methyl sites for hydroxylation is 1. The van der Waals surface area contributed by atoms with Crippen molar-refractivity contribution in [3.05, 3.63) is 33.8 Å². The number of rotatable bonds is 2. The number of halogens is 3. The first kappa shape index (κ1) is 10.6. The average Bonchev–Trinajstić information content (AvgIpc) is 2.08. The molecule has 1 aromatic carbocycles. The molecule has 0 amide bonds. The molecule has 0 aliphatic rings. The van der Waals surface area contributed by atoms with E-state index in [9.17, 15) is 8.78 Å². The van der Waals surface area contributed by atoms with Gasteiger partial charge in [-0.25, -0.2) is 8.78 Å². The second kappa shape index (κ2) is 4.15. The minimum Gasteiger partial charge on any atom is -0.382 e. The van der Waals surface area contributed by atoms with Crippen LogP contribution in [0, 0.1) is 6.92 Å². The first-order chi connectivity index (χ1) is 6.02. The van der Waals surface area contributed by atoms with Crippen molar-refractivity contribution in [3.8, 4) is 0 Å². The van der Waals surface area contributed by atoms with Crippen LogP contribution in [0.1, 0.15) is 17.2 Å². The second-order valence-corrected chi connectivity index (χ2v) is 3.66. The summed E-state index contributed by atoms with van der Waals surface area (Å²) in [5, 5.41) is 9.12. The Hall–Kier alpha value is -0.480. The molecule has 0 saturated carbocycles. The number of hydrogen-bond acceptors (Lipinski definition) is 1. The molecule has 4 heteroatoms. The monoisotopic (exact) mass is 250 g/mol. The van der Waals surface area contributed by atoms with Crippen LogP contribution in [0.15, 0.2) is 22.7 Å². The molecule has 1 rings (SSSR count). The van der Waals surface area contributed by atoms with E-state index < -0.39 is 12.5 Å². The van der Waals surface area contributed by atoms with Gasteiger partial charge in [0, 0.05) is 10.0 Å². The van der Waals surface area contributed by atoms with E-state index in [4.69, 9.17) is 5.11 Å². The van der Waals surface area contributed by atoms with Gasteiger partial charge in [0.25, 0.3) is 6.43 Å². The highest BCUT2D eigenvalue weighted by Crippen LogP contribution is 2.28. The SMILES string of the molecule is Cc1ccc(Br)c(C(O)C(F)F)c1. The third kappa shape index (κ3) is 2.48.